The number of anilines is 2. The molecule has 0 atom stereocenters. The predicted molar refractivity (Wildman–Crippen MR) is 140 cm³/mol. The normalized spacial score (nSPS) is 22.0. The molecule has 1 aromatic carbocycles. The number of hydrogen-bond donors (Lipinski definition) is 1. The first-order valence-electron chi connectivity index (χ1n) is 12.9. The molecule has 3 aliphatic heterocycles. The van der Waals surface area contributed by atoms with Crippen molar-refractivity contribution in [2.45, 2.75) is 61.2 Å². The van der Waals surface area contributed by atoms with Crippen LogP contribution < -0.4 is 19.3 Å². The van der Waals surface area contributed by atoms with Crippen LogP contribution in [0.3, 0.4) is 0 Å². The molecule has 1 spiro atoms. The molecule has 2 aromatic rings. The molecule has 0 radical (unpaired) electrons. The minimum absolute atomic E-state index is 0.117. The van der Waals surface area contributed by atoms with Gasteiger partial charge < -0.3 is 19.3 Å². The van der Waals surface area contributed by atoms with Crippen LogP contribution in [0.5, 0.6) is 5.75 Å². The molecule has 4 fully saturated rings. The van der Waals surface area contributed by atoms with Gasteiger partial charge in [-0.15, -0.1) is 0 Å². The third kappa shape index (κ3) is 4.86. The van der Waals surface area contributed by atoms with Crippen molar-refractivity contribution in [2.24, 2.45) is 0 Å². The standard InChI is InChI=1S/C26H31ClN4O5S/c27-19-8-9-20(31-17-25(18-31)10-1-4-15-35-25)21(16-19)36-26(11-12-26)24(32)29-37(33,34)23-7-5-6-22(28-23)30-13-2-3-14-30/h5-9,16H,1-4,10-15,17-18H2,(H,29,32). The Labute approximate surface area is 222 Å². The van der Waals surface area contributed by atoms with Crippen molar-refractivity contribution in [3.63, 3.8) is 0 Å². The first kappa shape index (κ1) is 24.8. The van der Waals surface area contributed by atoms with E-state index in [0.717, 1.165) is 70.6 Å². The highest BCUT2D eigenvalue weighted by Gasteiger charge is 2.55. The summed E-state index contributed by atoms with van der Waals surface area (Å²) in [5.41, 5.74) is -0.552. The number of halogens is 1. The molecule has 4 heterocycles. The number of benzene rings is 1. The van der Waals surface area contributed by atoms with Crippen molar-refractivity contribution in [1.29, 1.82) is 0 Å². The van der Waals surface area contributed by atoms with E-state index in [4.69, 9.17) is 21.1 Å². The van der Waals surface area contributed by atoms with Crippen LogP contribution in [-0.2, 0) is 19.6 Å². The highest BCUT2D eigenvalue weighted by Crippen LogP contribution is 2.47. The number of nitrogens with zero attached hydrogens (tertiary/aromatic N) is 3. The zero-order valence-electron chi connectivity index (χ0n) is 20.6. The van der Waals surface area contributed by atoms with Crippen molar-refractivity contribution in [3.8, 4) is 5.75 Å². The fourth-order valence-electron chi connectivity index (χ4n) is 5.45. The number of rotatable bonds is 7. The summed E-state index contributed by atoms with van der Waals surface area (Å²) in [5, 5.41) is 0.303. The number of pyridine rings is 1. The van der Waals surface area contributed by atoms with Gasteiger partial charge in [-0.05, 0) is 56.4 Å². The van der Waals surface area contributed by atoms with E-state index in [9.17, 15) is 13.2 Å². The van der Waals surface area contributed by atoms with Crippen LogP contribution in [0.2, 0.25) is 5.02 Å². The molecule has 0 unspecified atom stereocenters. The van der Waals surface area contributed by atoms with Gasteiger partial charge in [0.1, 0.15) is 17.2 Å². The van der Waals surface area contributed by atoms with Gasteiger partial charge in [-0.2, -0.15) is 8.42 Å². The number of carbonyl (C=O) groups is 1. The number of ether oxygens (including phenoxy) is 2. The van der Waals surface area contributed by atoms with Crippen LogP contribution in [0.1, 0.15) is 44.9 Å². The Hall–Kier alpha value is -2.56. The molecule has 1 aromatic heterocycles. The second-order valence-corrected chi connectivity index (χ2v) is 12.6. The van der Waals surface area contributed by atoms with E-state index in [1.807, 2.05) is 11.0 Å². The van der Waals surface area contributed by atoms with E-state index in [2.05, 4.69) is 14.6 Å². The van der Waals surface area contributed by atoms with Gasteiger partial charge in [0.15, 0.2) is 10.6 Å². The van der Waals surface area contributed by atoms with Crippen molar-refractivity contribution in [2.75, 3.05) is 42.6 Å². The van der Waals surface area contributed by atoms with Crippen LogP contribution in [0.4, 0.5) is 11.5 Å². The first-order valence-corrected chi connectivity index (χ1v) is 14.8. The van der Waals surface area contributed by atoms with E-state index in [1.54, 1.807) is 24.3 Å². The topological polar surface area (TPSA) is 101 Å². The molecule has 11 heteroatoms. The van der Waals surface area contributed by atoms with Gasteiger partial charge in [-0.1, -0.05) is 17.7 Å². The predicted octanol–water partition coefficient (Wildman–Crippen LogP) is 3.51. The fraction of sp³-hybridized carbons (Fsp3) is 0.538. The van der Waals surface area contributed by atoms with E-state index < -0.39 is 21.5 Å². The lowest BCUT2D eigenvalue weighted by Crippen LogP contribution is -2.64. The smallest absolute Gasteiger partial charge is 0.281 e. The minimum Gasteiger partial charge on any atom is -0.475 e. The van der Waals surface area contributed by atoms with Crippen LogP contribution in [0, 0.1) is 0 Å². The maximum absolute atomic E-state index is 13.2. The minimum atomic E-state index is -4.16. The van der Waals surface area contributed by atoms with E-state index in [1.165, 1.54) is 6.07 Å². The maximum Gasteiger partial charge on any atom is 0.281 e. The Bertz CT molecular complexity index is 1300. The van der Waals surface area contributed by atoms with Crippen molar-refractivity contribution < 1.29 is 22.7 Å². The third-order valence-corrected chi connectivity index (χ3v) is 9.19. The lowest BCUT2D eigenvalue weighted by molar-refractivity contribution is -0.128. The van der Waals surface area contributed by atoms with Gasteiger partial charge in [-0.3, -0.25) is 4.79 Å². The molecule has 1 saturated carbocycles. The van der Waals surface area contributed by atoms with Crippen LogP contribution in [0.15, 0.2) is 41.4 Å². The van der Waals surface area contributed by atoms with Gasteiger partial charge in [0.2, 0.25) is 0 Å². The van der Waals surface area contributed by atoms with Gasteiger partial charge >= 0.3 is 0 Å². The average Bonchev–Trinajstić information content (AvgIpc) is 3.44. The molecule has 6 rings (SSSR count). The highest BCUT2D eigenvalue weighted by atomic mass is 35.5. The van der Waals surface area contributed by atoms with Crippen LogP contribution in [-0.4, -0.2) is 63.3 Å². The Kier molecular flexibility index (Phi) is 6.24. The van der Waals surface area contributed by atoms with Crippen molar-refractivity contribution in [3.05, 3.63) is 41.4 Å². The summed E-state index contributed by atoms with van der Waals surface area (Å²) in [6.07, 6.45) is 6.20. The van der Waals surface area contributed by atoms with Gasteiger partial charge in [0, 0.05) is 56.7 Å². The molecule has 0 bridgehead atoms. The van der Waals surface area contributed by atoms with Crippen molar-refractivity contribution >= 4 is 39.0 Å². The summed E-state index contributed by atoms with van der Waals surface area (Å²) in [5.74, 6) is 0.378. The highest BCUT2D eigenvalue weighted by molar-refractivity contribution is 7.90. The molecule has 4 aliphatic rings. The third-order valence-electron chi connectivity index (χ3n) is 7.72. The Balaban J connectivity index is 1.17. The molecular weight excluding hydrogens is 516 g/mol. The Morgan fingerprint density at radius 3 is 2.51 bits per heavy atom. The number of amides is 1. The Morgan fingerprint density at radius 1 is 1.03 bits per heavy atom. The summed E-state index contributed by atoms with van der Waals surface area (Å²) in [4.78, 5) is 21.8. The lowest BCUT2D eigenvalue weighted by Gasteiger charge is -2.53. The largest absolute Gasteiger partial charge is 0.475 e. The molecule has 3 saturated heterocycles. The summed E-state index contributed by atoms with van der Waals surface area (Å²) in [6.45, 7) is 3.96. The van der Waals surface area contributed by atoms with Crippen LogP contribution in [0.25, 0.3) is 0 Å². The molecule has 37 heavy (non-hydrogen) atoms. The molecule has 1 aliphatic carbocycles. The monoisotopic (exact) mass is 546 g/mol. The number of sulfonamides is 1. The first-order chi connectivity index (χ1) is 17.8. The maximum atomic E-state index is 13.2. The number of aromatic nitrogens is 1. The molecule has 9 nitrogen and oxygen atoms in total. The zero-order valence-corrected chi connectivity index (χ0v) is 22.2. The average molecular weight is 547 g/mol. The molecule has 198 valence electrons. The Morgan fingerprint density at radius 2 is 1.81 bits per heavy atom. The quantitative estimate of drug-likeness (QED) is 0.563. The lowest BCUT2D eigenvalue weighted by atomic mass is 9.85. The summed E-state index contributed by atoms with van der Waals surface area (Å²) >= 11 is 6.28. The number of nitrogens with one attached hydrogen (secondary N) is 1. The molecular formula is C26H31ClN4O5S. The zero-order chi connectivity index (χ0) is 25.7. The SMILES string of the molecule is O=C(NS(=O)(=O)c1cccc(N2CCCC2)n1)C1(Oc2cc(Cl)ccc2N2CC3(CCCCO3)C2)CC1. The molecule has 1 amide bonds. The van der Waals surface area contributed by atoms with Gasteiger partial charge in [0.05, 0.1) is 5.69 Å². The summed E-state index contributed by atoms with van der Waals surface area (Å²) < 4.78 is 40.7. The van der Waals surface area contributed by atoms with Gasteiger partial charge in [-0.25, -0.2) is 9.71 Å². The fourth-order valence-corrected chi connectivity index (χ4v) is 6.62. The second-order valence-electron chi connectivity index (χ2n) is 10.5. The van der Waals surface area contributed by atoms with Crippen molar-refractivity contribution in [1.82, 2.24) is 9.71 Å². The molecule has 1 N–H and O–H groups in total. The van der Waals surface area contributed by atoms with Gasteiger partial charge in [0.25, 0.3) is 15.9 Å². The number of hydrogen-bond acceptors (Lipinski definition) is 8. The van der Waals surface area contributed by atoms with Crippen LogP contribution >= 0.6 is 11.6 Å². The summed E-state index contributed by atoms with van der Waals surface area (Å²) in [6, 6.07) is 10.2. The summed E-state index contributed by atoms with van der Waals surface area (Å²) in [7, 11) is -4.16. The van der Waals surface area contributed by atoms with E-state index >= 15 is 0 Å². The second kappa shape index (κ2) is 9.32. The number of carbonyl (C=O) groups excluding carboxylic acids is 1. The van der Waals surface area contributed by atoms with E-state index in [-0.39, 0.29) is 10.6 Å². The van der Waals surface area contributed by atoms with E-state index in [0.29, 0.717) is 29.4 Å².